The molecule has 34 heavy (non-hydrogen) atoms. The molecule has 0 aliphatic rings. The second-order valence-electron chi connectivity index (χ2n) is 8.47. The van der Waals surface area contributed by atoms with E-state index in [1.165, 1.54) is 11.1 Å². The Kier molecular flexibility index (Phi) is 6.46. The van der Waals surface area contributed by atoms with E-state index in [4.69, 9.17) is 13.9 Å². The number of ether oxygens (including phenoxy) is 2. The van der Waals surface area contributed by atoms with Gasteiger partial charge in [0.25, 0.3) is 0 Å². The number of fused-ring (bicyclic) bond motifs is 1. The Morgan fingerprint density at radius 2 is 1.68 bits per heavy atom. The normalized spacial score (nSPS) is 11.5. The highest BCUT2D eigenvalue weighted by molar-refractivity contribution is 6.06. The summed E-state index contributed by atoms with van der Waals surface area (Å²) in [5, 5.41) is 3.89. The van der Waals surface area contributed by atoms with Crippen molar-refractivity contribution in [3.63, 3.8) is 0 Å². The average Bonchev–Trinajstić information content (AvgIpc) is 3.23. The van der Waals surface area contributed by atoms with E-state index in [1.54, 1.807) is 50.8 Å². The van der Waals surface area contributed by atoms with Gasteiger partial charge in [-0.3, -0.25) is 4.79 Å². The standard InChI is InChI=1S/C29H29NO4/c1-17-7-12-23(18(2)13-17)26-16-34-29-20(4)28(33-6)24(15-25(26)29)19(3)14-27(31)30-21-8-10-22(32-5)11-9-21/h7-16H,1-6H3,(H,30,31)/b19-14+. The Morgan fingerprint density at radius 3 is 2.32 bits per heavy atom. The van der Waals surface area contributed by atoms with Crippen LogP contribution in [0.5, 0.6) is 11.5 Å². The summed E-state index contributed by atoms with van der Waals surface area (Å²) >= 11 is 0. The van der Waals surface area contributed by atoms with Crippen molar-refractivity contribution in [1.29, 1.82) is 0 Å². The molecule has 0 saturated carbocycles. The van der Waals surface area contributed by atoms with E-state index in [0.29, 0.717) is 11.4 Å². The number of carbonyl (C=O) groups is 1. The Hall–Kier alpha value is -3.99. The van der Waals surface area contributed by atoms with Gasteiger partial charge in [-0.15, -0.1) is 0 Å². The number of amides is 1. The van der Waals surface area contributed by atoms with Crippen molar-refractivity contribution in [2.24, 2.45) is 0 Å². The van der Waals surface area contributed by atoms with Crippen LogP contribution in [0.15, 0.2) is 65.3 Å². The minimum atomic E-state index is -0.218. The molecule has 174 valence electrons. The maximum atomic E-state index is 12.7. The van der Waals surface area contributed by atoms with Crippen LogP contribution in [0.3, 0.4) is 0 Å². The van der Waals surface area contributed by atoms with Crippen molar-refractivity contribution < 1.29 is 18.7 Å². The van der Waals surface area contributed by atoms with Crippen LogP contribution in [0.4, 0.5) is 5.69 Å². The molecule has 1 amide bonds. The summed E-state index contributed by atoms with van der Waals surface area (Å²) in [6.07, 6.45) is 3.39. The number of anilines is 1. The number of hydrogen-bond acceptors (Lipinski definition) is 4. The fourth-order valence-electron chi connectivity index (χ4n) is 4.32. The molecule has 0 spiro atoms. The van der Waals surface area contributed by atoms with Gasteiger partial charge >= 0.3 is 0 Å². The molecule has 0 unspecified atom stereocenters. The van der Waals surface area contributed by atoms with Gasteiger partial charge in [0, 0.05) is 33.8 Å². The predicted octanol–water partition coefficient (Wildman–Crippen LogP) is 7.08. The van der Waals surface area contributed by atoms with Crippen molar-refractivity contribution >= 4 is 28.1 Å². The molecule has 0 aliphatic carbocycles. The monoisotopic (exact) mass is 455 g/mol. The van der Waals surface area contributed by atoms with E-state index >= 15 is 0 Å². The average molecular weight is 456 g/mol. The molecule has 5 nitrogen and oxygen atoms in total. The summed E-state index contributed by atoms with van der Waals surface area (Å²) in [6.45, 7) is 8.08. The molecule has 5 heteroatoms. The third-order valence-electron chi connectivity index (χ3n) is 6.05. The van der Waals surface area contributed by atoms with Crippen molar-refractivity contribution in [2.45, 2.75) is 27.7 Å². The van der Waals surface area contributed by atoms with Gasteiger partial charge in [0.2, 0.25) is 5.91 Å². The van der Waals surface area contributed by atoms with Crippen LogP contribution in [0.1, 0.15) is 29.2 Å². The molecule has 1 heterocycles. The summed E-state index contributed by atoms with van der Waals surface area (Å²) < 4.78 is 16.9. The minimum absolute atomic E-state index is 0.218. The van der Waals surface area contributed by atoms with Gasteiger partial charge in [-0.05, 0) is 74.7 Å². The van der Waals surface area contributed by atoms with E-state index in [0.717, 1.165) is 44.5 Å². The van der Waals surface area contributed by atoms with E-state index < -0.39 is 0 Å². The molecule has 0 radical (unpaired) electrons. The van der Waals surface area contributed by atoms with Crippen molar-refractivity contribution in [1.82, 2.24) is 0 Å². The largest absolute Gasteiger partial charge is 0.497 e. The Bertz CT molecular complexity index is 1390. The SMILES string of the molecule is COc1ccc(NC(=O)/C=C(\C)c2cc3c(-c4ccc(C)cc4C)coc3c(C)c2OC)cc1. The number of benzene rings is 3. The van der Waals surface area contributed by atoms with E-state index in [-0.39, 0.29) is 5.91 Å². The van der Waals surface area contributed by atoms with Crippen LogP contribution in [0.2, 0.25) is 0 Å². The molecule has 0 bridgehead atoms. The van der Waals surface area contributed by atoms with E-state index in [9.17, 15) is 4.79 Å². The lowest BCUT2D eigenvalue weighted by Gasteiger charge is -2.14. The zero-order chi connectivity index (χ0) is 24.4. The first-order valence-electron chi connectivity index (χ1n) is 11.1. The number of furan rings is 1. The summed E-state index contributed by atoms with van der Waals surface area (Å²) in [6, 6.07) is 15.7. The quantitative estimate of drug-likeness (QED) is 0.316. The number of aryl methyl sites for hydroxylation is 3. The molecular weight excluding hydrogens is 426 g/mol. The van der Waals surface area contributed by atoms with Gasteiger partial charge in [-0.2, -0.15) is 0 Å². The lowest BCUT2D eigenvalue weighted by molar-refractivity contribution is -0.111. The molecule has 4 rings (SSSR count). The maximum Gasteiger partial charge on any atom is 0.248 e. The van der Waals surface area contributed by atoms with Gasteiger partial charge in [0.15, 0.2) is 0 Å². The third-order valence-corrected chi connectivity index (χ3v) is 6.05. The number of nitrogens with one attached hydrogen (secondary N) is 1. The van der Waals surface area contributed by atoms with Crippen LogP contribution in [0.25, 0.3) is 27.7 Å². The molecule has 0 saturated heterocycles. The third kappa shape index (κ3) is 4.42. The molecule has 4 aromatic rings. The highest BCUT2D eigenvalue weighted by Gasteiger charge is 2.19. The number of hydrogen-bond donors (Lipinski definition) is 1. The first-order chi connectivity index (χ1) is 16.3. The van der Waals surface area contributed by atoms with Gasteiger partial charge in [0.05, 0.1) is 20.5 Å². The summed E-state index contributed by atoms with van der Waals surface area (Å²) in [5.74, 6) is 1.21. The second kappa shape index (κ2) is 9.48. The van der Waals surface area contributed by atoms with Crippen LogP contribution < -0.4 is 14.8 Å². The van der Waals surface area contributed by atoms with E-state index in [2.05, 4.69) is 37.4 Å². The number of allylic oxidation sites excluding steroid dienone is 1. The lowest BCUT2D eigenvalue weighted by atomic mass is 9.94. The fourth-order valence-corrected chi connectivity index (χ4v) is 4.32. The Morgan fingerprint density at radius 1 is 0.941 bits per heavy atom. The second-order valence-corrected chi connectivity index (χ2v) is 8.47. The zero-order valence-corrected chi connectivity index (χ0v) is 20.4. The number of methoxy groups -OCH3 is 2. The molecule has 0 aliphatic heterocycles. The van der Waals surface area contributed by atoms with Crippen LogP contribution in [0, 0.1) is 20.8 Å². The zero-order valence-electron chi connectivity index (χ0n) is 20.4. The van der Waals surface area contributed by atoms with Crippen molar-refractivity contribution in [3.05, 3.63) is 83.1 Å². The van der Waals surface area contributed by atoms with Gasteiger partial charge in [-0.1, -0.05) is 23.8 Å². The molecule has 0 atom stereocenters. The summed E-state index contributed by atoms with van der Waals surface area (Å²) in [7, 11) is 3.24. The highest BCUT2D eigenvalue weighted by atomic mass is 16.5. The lowest BCUT2D eigenvalue weighted by Crippen LogP contribution is -2.08. The number of carbonyl (C=O) groups excluding carboxylic acids is 1. The molecule has 1 N–H and O–H groups in total. The van der Waals surface area contributed by atoms with Crippen LogP contribution in [-0.4, -0.2) is 20.1 Å². The first-order valence-corrected chi connectivity index (χ1v) is 11.1. The van der Waals surface area contributed by atoms with Crippen LogP contribution >= 0.6 is 0 Å². The maximum absolute atomic E-state index is 12.7. The first kappa shape index (κ1) is 23.2. The summed E-state index contributed by atoms with van der Waals surface area (Å²) in [5.41, 5.74) is 8.57. The smallest absolute Gasteiger partial charge is 0.248 e. The van der Waals surface area contributed by atoms with E-state index in [1.807, 2.05) is 19.9 Å². The Labute approximate surface area is 200 Å². The minimum Gasteiger partial charge on any atom is -0.497 e. The van der Waals surface area contributed by atoms with Gasteiger partial charge in [0.1, 0.15) is 17.1 Å². The number of rotatable bonds is 6. The predicted molar refractivity (Wildman–Crippen MR) is 138 cm³/mol. The topological polar surface area (TPSA) is 60.7 Å². The Balaban J connectivity index is 1.75. The molecule has 3 aromatic carbocycles. The molecular formula is C29H29NO4. The van der Waals surface area contributed by atoms with Gasteiger partial charge < -0.3 is 19.2 Å². The van der Waals surface area contributed by atoms with Crippen LogP contribution in [-0.2, 0) is 4.79 Å². The van der Waals surface area contributed by atoms with Crippen molar-refractivity contribution in [2.75, 3.05) is 19.5 Å². The molecule has 1 aromatic heterocycles. The molecule has 0 fully saturated rings. The van der Waals surface area contributed by atoms with Gasteiger partial charge in [-0.25, -0.2) is 0 Å². The van der Waals surface area contributed by atoms with Crippen molar-refractivity contribution in [3.8, 4) is 22.6 Å². The highest BCUT2D eigenvalue weighted by Crippen LogP contribution is 2.41. The summed E-state index contributed by atoms with van der Waals surface area (Å²) in [4.78, 5) is 12.7. The fraction of sp³-hybridized carbons (Fsp3) is 0.207.